The molecule has 0 bridgehead atoms. The van der Waals surface area contributed by atoms with Crippen LogP contribution >= 0.6 is 0 Å². The van der Waals surface area contributed by atoms with E-state index >= 15 is 0 Å². The number of nitrogen functional groups attached to an aromatic ring is 1. The van der Waals surface area contributed by atoms with Gasteiger partial charge in [-0.2, -0.15) is 0 Å². The maximum atomic E-state index is 11.7. The summed E-state index contributed by atoms with van der Waals surface area (Å²) in [5, 5.41) is 10.7. The summed E-state index contributed by atoms with van der Waals surface area (Å²) in [7, 11) is -0.315. The lowest BCUT2D eigenvalue weighted by Gasteiger charge is -2.11. The van der Waals surface area contributed by atoms with Crippen LogP contribution in [0.4, 0.5) is 11.4 Å². The Bertz CT molecular complexity index is 709. The molecular weight excluding hydrogens is 280 g/mol. The van der Waals surface area contributed by atoms with Crippen LogP contribution in [-0.4, -0.2) is 30.2 Å². The molecule has 4 N–H and O–H groups in total. The first-order chi connectivity index (χ1) is 9.44. The highest BCUT2D eigenvalue weighted by Crippen LogP contribution is 2.23. The lowest BCUT2D eigenvalue weighted by atomic mass is 10.2. The van der Waals surface area contributed by atoms with Gasteiger partial charge >= 0.3 is 0 Å². The van der Waals surface area contributed by atoms with Gasteiger partial charge < -0.3 is 15.6 Å². The molecule has 9 heteroatoms. The van der Waals surface area contributed by atoms with Crippen molar-refractivity contribution in [1.82, 2.24) is 19.5 Å². The third kappa shape index (κ3) is 2.89. The zero-order valence-electron chi connectivity index (χ0n) is 11.2. The third-order valence-electron chi connectivity index (χ3n) is 2.85. The van der Waals surface area contributed by atoms with Gasteiger partial charge in [0.1, 0.15) is 6.33 Å². The lowest BCUT2D eigenvalue weighted by molar-refractivity contribution is 0.588. The molecule has 0 aliphatic rings. The second-order valence-corrected chi connectivity index (χ2v) is 6.05. The molecule has 1 aromatic heterocycles. The number of nitrogens with two attached hydrogens (primary N) is 1. The summed E-state index contributed by atoms with van der Waals surface area (Å²) < 4.78 is 27.5. The van der Waals surface area contributed by atoms with E-state index in [1.165, 1.54) is 19.2 Å². The fourth-order valence-corrected chi connectivity index (χ4v) is 2.37. The van der Waals surface area contributed by atoms with E-state index < -0.39 is 10.0 Å². The van der Waals surface area contributed by atoms with E-state index in [1.807, 2.05) is 7.05 Å². The highest BCUT2D eigenvalue weighted by Gasteiger charge is 2.13. The average molecular weight is 296 g/mol. The quantitative estimate of drug-likeness (QED) is 0.665. The molecule has 2 rings (SSSR count). The number of benzene rings is 1. The first-order valence-electron chi connectivity index (χ1n) is 5.84. The summed E-state index contributed by atoms with van der Waals surface area (Å²) in [5.41, 5.74) is 6.82. The first kappa shape index (κ1) is 14.3. The molecular formula is C11H16N6O2S. The standard InChI is InChI=1S/C11H16N6O2S/c1-13-20(18,19)8-3-4-9(12)10(5-8)14-6-11-16-15-7-17(11)2/h3-5,7,13-14H,6,12H2,1-2H3. The molecule has 0 amide bonds. The molecule has 1 heterocycles. The van der Waals surface area contributed by atoms with Crippen LogP contribution in [-0.2, 0) is 23.6 Å². The fraction of sp³-hybridized carbons (Fsp3) is 0.273. The number of aryl methyl sites for hydroxylation is 1. The Morgan fingerprint density at radius 1 is 1.40 bits per heavy atom. The third-order valence-corrected chi connectivity index (χ3v) is 4.26. The second-order valence-electron chi connectivity index (χ2n) is 4.17. The monoisotopic (exact) mass is 296 g/mol. The van der Waals surface area contributed by atoms with E-state index in [-0.39, 0.29) is 4.90 Å². The molecule has 0 spiro atoms. The number of rotatable bonds is 5. The Morgan fingerprint density at radius 3 is 2.75 bits per heavy atom. The smallest absolute Gasteiger partial charge is 0.240 e. The Balaban J connectivity index is 2.24. The normalized spacial score (nSPS) is 11.5. The molecule has 0 aliphatic heterocycles. The number of aromatic nitrogens is 3. The van der Waals surface area contributed by atoms with Crippen LogP contribution in [0.25, 0.3) is 0 Å². The molecule has 0 radical (unpaired) electrons. The van der Waals surface area contributed by atoms with Crippen molar-refractivity contribution in [1.29, 1.82) is 0 Å². The van der Waals surface area contributed by atoms with E-state index in [1.54, 1.807) is 17.0 Å². The van der Waals surface area contributed by atoms with Crippen molar-refractivity contribution in [2.24, 2.45) is 7.05 Å². The summed E-state index contributed by atoms with van der Waals surface area (Å²) in [6.45, 7) is 0.393. The molecule has 2 aromatic rings. The number of hydrogen-bond acceptors (Lipinski definition) is 6. The predicted octanol–water partition coefficient (Wildman–Crippen LogP) is -0.0825. The maximum Gasteiger partial charge on any atom is 0.240 e. The SMILES string of the molecule is CNS(=O)(=O)c1ccc(N)c(NCc2nncn2C)c1. The summed E-state index contributed by atoms with van der Waals surface area (Å²) in [4.78, 5) is 0.148. The molecule has 0 unspecified atom stereocenters. The minimum Gasteiger partial charge on any atom is -0.397 e. The molecule has 108 valence electrons. The Kier molecular flexibility index (Phi) is 3.91. The number of hydrogen-bond donors (Lipinski definition) is 3. The van der Waals surface area contributed by atoms with Crippen LogP contribution in [0.1, 0.15) is 5.82 Å². The van der Waals surface area contributed by atoms with Crippen LogP contribution in [0, 0.1) is 0 Å². The molecule has 8 nitrogen and oxygen atoms in total. The van der Waals surface area contributed by atoms with Crippen molar-refractivity contribution < 1.29 is 8.42 Å². The van der Waals surface area contributed by atoms with E-state index in [0.717, 1.165) is 0 Å². The van der Waals surface area contributed by atoms with Gasteiger partial charge in [0.05, 0.1) is 22.8 Å². The Labute approximate surface area is 117 Å². The minimum absolute atomic E-state index is 0.148. The maximum absolute atomic E-state index is 11.7. The van der Waals surface area contributed by atoms with Crippen LogP contribution in [0.2, 0.25) is 0 Å². The summed E-state index contributed by atoms with van der Waals surface area (Å²) >= 11 is 0. The van der Waals surface area contributed by atoms with Crippen LogP contribution in [0.15, 0.2) is 29.4 Å². The van der Waals surface area contributed by atoms with Gasteiger partial charge in [-0.25, -0.2) is 13.1 Å². The second kappa shape index (κ2) is 5.47. The highest BCUT2D eigenvalue weighted by molar-refractivity contribution is 7.89. The Hall–Kier alpha value is -2.13. The van der Waals surface area contributed by atoms with Crippen molar-refractivity contribution in [3.63, 3.8) is 0 Å². The van der Waals surface area contributed by atoms with Crippen LogP contribution in [0.5, 0.6) is 0 Å². The summed E-state index contributed by atoms with van der Waals surface area (Å²) in [5.74, 6) is 0.714. The van der Waals surface area contributed by atoms with Crippen molar-refractivity contribution in [2.75, 3.05) is 18.1 Å². The van der Waals surface area contributed by atoms with Gasteiger partial charge in [0.15, 0.2) is 5.82 Å². The molecule has 20 heavy (non-hydrogen) atoms. The molecule has 0 saturated carbocycles. The van der Waals surface area contributed by atoms with Gasteiger partial charge in [0, 0.05) is 7.05 Å². The predicted molar refractivity (Wildman–Crippen MR) is 75.4 cm³/mol. The number of sulfonamides is 1. The van der Waals surface area contributed by atoms with Crippen molar-refractivity contribution >= 4 is 21.4 Å². The van der Waals surface area contributed by atoms with E-state index in [4.69, 9.17) is 5.73 Å². The molecule has 0 fully saturated rings. The number of nitrogens with zero attached hydrogens (tertiary/aromatic N) is 3. The summed E-state index contributed by atoms with van der Waals surface area (Å²) in [6, 6.07) is 4.48. The largest absolute Gasteiger partial charge is 0.397 e. The molecule has 1 aromatic carbocycles. The van der Waals surface area contributed by atoms with Gasteiger partial charge in [-0.15, -0.1) is 10.2 Å². The van der Waals surface area contributed by atoms with Crippen LogP contribution < -0.4 is 15.8 Å². The average Bonchev–Trinajstić information content (AvgIpc) is 2.83. The van der Waals surface area contributed by atoms with Gasteiger partial charge in [0.2, 0.25) is 10.0 Å². The molecule has 0 aliphatic carbocycles. The van der Waals surface area contributed by atoms with Crippen molar-refractivity contribution in [2.45, 2.75) is 11.4 Å². The number of anilines is 2. The topological polar surface area (TPSA) is 115 Å². The summed E-state index contributed by atoms with van der Waals surface area (Å²) in [6.07, 6.45) is 1.59. The van der Waals surface area contributed by atoms with Gasteiger partial charge in [-0.3, -0.25) is 0 Å². The first-order valence-corrected chi connectivity index (χ1v) is 7.32. The lowest BCUT2D eigenvalue weighted by Crippen LogP contribution is -2.19. The molecule has 0 saturated heterocycles. The molecule has 0 atom stereocenters. The van der Waals surface area contributed by atoms with Gasteiger partial charge in [0.25, 0.3) is 0 Å². The zero-order chi connectivity index (χ0) is 14.8. The van der Waals surface area contributed by atoms with E-state index in [9.17, 15) is 8.42 Å². The van der Waals surface area contributed by atoms with Gasteiger partial charge in [-0.1, -0.05) is 0 Å². The van der Waals surface area contributed by atoms with Crippen LogP contribution in [0.3, 0.4) is 0 Å². The van der Waals surface area contributed by atoms with Crippen molar-refractivity contribution in [3.8, 4) is 0 Å². The van der Waals surface area contributed by atoms with E-state index in [0.29, 0.717) is 23.7 Å². The zero-order valence-corrected chi connectivity index (χ0v) is 12.0. The van der Waals surface area contributed by atoms with E-state index in [2.05, 4.69) is 20.2 Å². The minimum atomic E-state index is -3.50. The van der Waals surface area contributed by atoms with Crippen molar-refractivity contribution in [3.05, 3.63) is 30.4 Å². The Morgan fingerprint density at radius 2 is 2.15 bits per heavy atom. The number of nitrogens with one attached hydrogen (secondary N) is 2. The van der Waals surface area contributed by atoms with Gasteiger partial charge in [-0.05, 0) is 25.2 Å². The highest BCUT2D eigenvalue weighted by atomic mass is 32.2. The fourth-order valence-electron chi connectivity index (χ4n) is 1.61.